The quantitative estimate of drug-likeness (QED) is 0.418. The molecule has 0 fully saturated rings. The smallest absolute Gasteiger partial charge is 0.331 e. The molecule has 4 heteroatoms. The fourth-order valence-corrected chi connectivity index (χ4v) is 2.07. The summed E-state index contributed by atoms with van der Waals surface area (Å²) in [6.45, 7) is 0. The Hall–Kier alpha value is -3.58. The molecule has 0 saturated carbocycles. The minimum atomic E-state index is -0.998. The first kappa shape index (κ1) is 18.8. The van der Waals surface area contributed by atoms with Gasteiger partial charge >= 0.3 is 5.97 Å². The number of ether oxygens (including phenoxy) is 1. The Morgan fingerprint density at radius 1 is 0.962 bits per heavy atom. The number of rotatable bonds is 2. The fraction of sp³-hybridized carbons (Fsp3) is 0.0455. The standard InChI is InChI=1S/C18H11F.C4H6O3/c19-18-11-8-14(9-12-18)5-6-15-7-10-16-3-1-2-4-17(16)13-15;1-7-3-2-4(5)6/h1-4,7-13H;2-3H,1H3,(H,5,6). The molecular weight excluding hydrogens is 331 g/mol. The van der Waals surface area contributed by atoms with E-state index in [-0.39, 0.29) is 5.82 Å². The number of benzene rings is 3. The predicted molar refractivity (Wildman–Crippen MR) is 100 cm³/mol. The summed E-state index contributed by atoms with van der Waals surface area (Å²) in [5, 5.41) is 10.3. The van der Waals surface area contributed by atoms with Gasteiger partial charge in [0.1, 0.15) is 5.82 Å². The molecule has 0 atom stereocenters. The van der Waals surface area contributed by atoms with Crippen LogP contribution in [-0.2, 0) is 9.53 Å². The SMILES string of the molecule is COC=CC(=O)O.Fc1ccc(C#Cc2ccc3ccccc3c2)cc1. The molecule has 1 N–H and O–H groups in total. The normalized spacial score (nSPS) is 9.77. The number of methoxy groups -OCH3 is 1. The summed E-state index contributed by atoms with van der Waals surface area (Å²) in [6, 6.07) is 20.5. The van der Waals surface area contributed by atoms with Gasteiger partial charge in [-0.2, -0.15) is 0 Å². The lowest BCUT2D eigenvalue weighted by molar-refractivity contribution is -0.131. The van der Waals surface area contributed by atoms with E-state index in [2.05, 4.69) is 40.8 Å². The monoisotopic (exact) mass is 348 g/mol. The average Bonchev–Trinajstić information content (AvgIpc) is 2.66. The molecule has 0 aliphatic heterocycles. The summed E-state index contributed by atoms with van der Waals surface area (Å²) < 4.78 is 17.1. The second-order valence-corrected chi connectivity index (χ2v) is 5.20. The van der Waals surface area contributed by atoms with Crippen LogP contribution in [0.3, 0.4) is 0 Å². The van der Waals surface area contributed by atoms with Crippen LogP contribution in [0.1, 0.15) is 11.1 Å². The molecule has 0 bridgehead atoms. The van der Waals surface area contributed by atoms with Crippen LogP contribution >= 0.6 is 0 Å². The van der Waals surface area contributed by atoms with Gasteiger partial charge in [-0.1, -0.05) is 42.2 Å². The molecule has 0 saturated heterocycles. The highest BCUT2D eigenvalue weighted by atomic mass is 19.1. The zero-order valence-corrected chi connectivity index (χ0v) is 14.1. The summed E-state index contributed by atoms with van der Waals surface area (Å²) in [4.78, 5) is 9.59. The largest absolute Gasteiger partial charge is 0.504 e. The summed E-state index contributed by atoms with van der Waals surface area (Å²) >= 11 is 0. The van der Waals surface area contributed by atoms with E-state index in [4.69, 9.17) is 5.11 Å². The van der Waals surface area contributed by atoms with Gasteiger partial charge < -0.3 is 9.84 Å². The highest BCUT2D eigenvalue weighted by Crippen LogP contribution is 2.15. The molecule has 0 spiro atoms. The zero-order valence-electron chi connectivity index (χ0n) is 14.1. The van der Waals surface area contributed by atoms with Crippen LogP contribution in [0.5, 0.6) is 0 Å². The van der Waals surface area contributed by atoms with E-state index in [1.54, 1.807) is 12.1 Å². The minimum Gasteiger partial charge on any atom is -0.504 e. The molecule has 0 radical (unpaired) electrons. The van der Waals surface area contributed by atoms with Crippen LogP contribution in [0, 0.1) is 17.7 Å². The van der Waals surface area contributed by atoms with Crippen molar-refractivity contribution in [2.75, 3.05) is 7.11 Å². The molecule has 0 aromatic heterocycles. The zero-order chi connectivity index (χ0) is 18.8. The van der Waals surface area contributed by atoms with Crippen molar-refractivity contribution in [2.24, 2.45) is 0 Å². The third-order valence-corrected chi connectivity index (χ3v) is 3.29. The number of halogens is 1. The lowest BCUT2D eigenvalue weighted by Crippen LogP contribution is -1.85. The maximum absolute atomic E-state index is 12.8. The first-order chi connectivity index (χ1) is 12.6. The number of fused-ring (bicyclic) bond motifs is 1. The third kappa shape index (κ3) is 6.14. The van der Waals surface area contributed by atoms with Gasteiger partial charge in [-0.3, -0.25) is 0 Å². The highest BCUT2D eigenvalue weighted by Gasteiger charge is 1.93. The molecule has 0 amide bonds. The minimum absolute atomic E-state index is 0.240. The van der Waals surface area contributed by atoms with Gasteiger partial charge in [0.2, 0.25) is 0 Å². The summed E-state index contributed by atoms with van der Waals surface area (Å²) in [7, 11) is 1.39. The number of carbonyl (C=O) groups is 1. The third-order valence-electron chi connectivity index (χ3n) is 3.29. The van der Waals surface area contributed by atoms with E-state index in [0.29, 0.717) is 0 Å². The van der Waals surface area contributed by atoms with Crippen molar-refractivity contribution in [3.05, 3.63) is 96.0 Å². The molecule has 3 aromatic rings. The predicted octanol–water partition coefficient (Wildman–Crippen LogP) is 4.61. The van der Waals surface area contributed by atoms with Crippen LogP contribution < -0.4 is 0 Å². The molecule has 0 aliphatic carbocycles. The van der Waals surface area contributed by atoms with Crippen molar-refractivity contribution in [3.8, 4) is 11.8 Å². The van der Waals surface area contributed by atoms with E-state index in [9.17, 15) is 9.18 Å². The van der Waals surface area contributed by atoms with Crippen molar-refractivity contribution in [1.29, 1.82) is 0 Å². The lowest BCUT2D eigenvalue weighted by atomic mass is 10.1. The maximum atomic E-state index is 12.8. The fourth-order valence-electron chi connectivity index (χ4n) is 2.07. The van der Waals surface area contributed by atoms with Crippen molar-refractivity contribution in [3.63, 3.8) is 0 Å². The number of carboxylic acid groups (broad SMARTS) is 1. The van der Waals surface area contributed by atoms with Crippen LogP contribution in [0.4, 0.5) is 4.39 Å². The summed E-state index contributed by atoms with van der Waals surface area (Å²) in [5.74, 6) is 4.90. The second-order valence-electron chi connectivity index (χ2n) is 5.20. The number of aliphatic carboxylic acids is 1. The van der Waals surface area contributed by atoms with Crippen molar-refractivity contribution >= 4 is 16.7 Å². The Morgan fingerprint density at radius 2 is 1.58 bits per heavy atom. The molecule has 3 aromatic carbocycles. The molecule has 3 rings (SSSR count). The maximum Gasteiger partial charge on any atom is 0.331 e. The highest BCUT2D eigenvalue weighted by molar-refractivity contribution is 5.83. The topological polar surface area (TPSA) is 46.5 Å². The van der Waals surface area contributed by atoms with Gasteiger partial charge in [-0.05, 0) is 47.2 Å². The van der Waals surface area contributed by atoms with E-state index in [1.807, 2.05) is 18.2 Å². The average molecular weight is 348 g/mol. The van der Waals surface area contributed by atoms with Gasteiger partial charge in [0, 0.05) is 11.1 Å². The van der Waals surface area contributed by atoms with Crippen molar-refractivity contribution < 1.29 is 19.0 Å². The Balaban J connectivity index is 0.000000298. The summed E-state index contributed by atoms with van der Waals surface area (Å²) in [6.07, 6.45) is 2.02. The summed E-state index contributed by atoms with van der Waals surface area (Å²) in [5.41, 5.74) is 1.78. The Kier molecular flexibility index (Phi) is 6.96. The number of hydrogen-bond acceptors (Lipinski definition) is 2. The Morgan fingerprint density at radius 3 is 2.19 bits per heavy atom. The molecular formula is C22H17FO3. The van der Waals surface area contributed by atoms with E-state index < -0.39 is 5.97 Å². The van der Waals surface area contributed by atoms with Gasteiger partial charge in [-0.25, -0.2) is 9.18 Å². The first-order valence-electron chi connectivity index (χ1n) is 7.77. The Bertz CT molecular complexity index is 964. The van der Waals surface area contributed by atoms with Crippen LogP contribution in [0.25, 0.3) is 10.8 Å². The van der Waals surface area contributed by atoms with Crippen molar-refractivity contribution in [2.45, 2.75) is 0 Å². The van der Waals surface area contributed by atoms with Gasteiger partial charge in [0.05, 0.1) is 19.4 Å². The van der Waals surface area contributed by atoms with Crippen molar-refractivity contribution in [1.82, 2.24) is 0 Å². The van der Waals surface area contributed by atoms with Gasteiger partial charge in [0.15, 0.2) is 0 Å². The van der Waals surface area contributed by atoms with Crippen LogP contribution in [0.2, 0.25) is 0 Å². The number of carboxylic acids is 1. The van der Waals surface area contributed by atoms with Crippen LogP contribution in [-0.4, -0.2) is 18.2 Å². The van der Waals surface area contributed by atoms with Crippen LogP contribution in [0.15, 0.2) is 79.1 Å². The molecule has 130 valence electrons. The molecule has 26 heavy (non-hydrogen) atoms. The molecule has 0 unspecified atom stereocenters. The lowest BCUT2D eigenvalue weighted by Gasteiger charge is -1.97. The molecule has 0 aliphatic rings. The van der Waals surface area contributed by atoms with E-state index in [0.717, 1.165) is 23.5 Å². The molecule has 0 heterocycles. The van der Waals surface area contributed by atoms with E-state index in [1.165, 1.54) is 30.0 Å². The molecule has 3 nitrogen and oxygen atoms in total. The number of hydrogen-bond donors (Lipinski definition) is 1. The first-order valence-corrected chi connectivity index (χ1v) is 7.77. The Labute approximate surface area is 151 Å². The second kappa shape index (κ2) is 9.65. The van der Waals surface area contributed by atoms with E-state index >= 15 is 0 Å². The van der Waals surface area contributed by atoms with Gasteiger partial charge in [0.25, 0.3) is 0 Å². The van der Waals surface area contributed by atoms with Gasteiger partial charge in [-0.15, -0.1) is 0 Å².